The van der Waals surface area contributed by atoms with Crippen LogP contribution in [0.4, 0.5) is 5.82 Å². The normalized spacial score (nSPS) is 10.9. The smallest absolute Gasteiger partial charge is 0.228 e. The van der Waals surface area contributed by atoms with E-state index in [0.29, 0.717) is 36.3 Å². The molecule has 0 spiro atoms. The zero-order valence-electron chi connectivity index (χ0n) is 13.1. The summed E-state index contributed by atoms with van der Waals surface area (Å²) in [5, 5.41) is 7.19. The molecule has 0 aliphatic rings. The standard InChI is InChI=1S/C16H18N6O/c1-11(2)13-9-14(20-10-19-13)18-8-6-15-21-16(22-23-15)12-5-3-4-7-17-12/h3-5,7,9-11H,6,8H2,1-2H3,(H,18,19,20). The van der Waals surface area contributed by atoms with Crippen molar-refractivity contribution in [2.24, 2.45) is 0 Å². The molecule has 0 aliphatic heterocycles. The summed E-state index contributed by atoms with van der Waals surface area (Å²) in [4.78, 5) is 17.0. The molecule has 0 amide bonds. The Kier molecular flexibility index (Phi) is 4.56. The maximum absolute atomic E-state index is 5.25. The van der Waals surface area contributed by atoms with E-state index in [-0.39, 0.29) is 0 Å². The lowest BCUT2D eigenvalue weighted by atomic mass is 10.1. The number of rotatable bonds is 6. The van der Waals surface area contributed by atoms with Crippen LogP contribution in [0.1, 0.15) is 31.4 Å². The second-order valence-corrected chi connectivity index (χ2v) is 5.39. The minimum Gasteiger partial charge on any atom is -0.369 e. The average molecular weight is 310 g/mol. The van der Waals surface area contributed by atoms with Gasteiger partial charge in [-0.05, 0) is 18.1 Å². The second-order valence-electron chi connectivity index (χ2n) is 5.39. The Morgan fingerprint density at radius 1 is 1.17 bits per heavy atom. The monoisotopic (exact) mass is 310 g/mol. The van der Waals surface area contributed by atoms with Gasteiger partial charge in [0.25, 0.3) is 0 Å². The molecule has 0 atom stereocenters. The van der Waals surface area contributed by atoms with Gasteiger partial charge in [-0.3, -0.25) is 4.98 Å². The van der Waals surface area contributed by atoms with E-state index < -0.39 is 0 Å². The molecule has 0 unspecified atom stereocenters. The van der Waals surface area contributed by atoms with Gasteiger partial charge in [-0.25, -0.2) is 9.97 Å². The van der Waals surface area contributed by atoms with Gasteiger partial charge >= 0.3 is 0 Å². The highest BCUT2D eigenvalue weighted by Gasteiger charge is 2.09. The highest BCUT2D eigenvalue weighted by Crippen LogP contribution is 2.14. The Balaban J connectivity index is 1.57. The van der Waals surface area contributed by atoms with Gasteiger partial charge < -0.3 is 9.84 Å². The molecule has 3 heterocycles. The van der Waals surface area contributed by atoms with E-state index in [1.807, 2.05) is 24.3 Å². The summed E-state index contributed by atoms with van der Waals surface area (Å²) in [7, 11) is 0. The van der Waals surface area contributed by atoms with Gasteiger partial charge in [-0.15, -0.1) is 0 Å². The Labute approximate surface area is 134 Å². The number of hydrogen-bond acceptors (Lipinski definition) is 7. The lowest BCUT2D eigenvalue weighted by molar-refractivity contribution is 0.381. The van der Waals surface area contributed by atoms with Crippen molar-refractivity contribution in [1.29, 1.82) is 0 Å². The van der Waals surface area contributed by atoms with Crippen LogP contribution < -0.4 is 5.32 Å². The van der Waals surface area contributed by atoms with Gasteiger partial charge in [0, 0.05) is 30.9 Å². The molecule has 0 fully saturated rings. The molecule has 0 saturated heterocycles. The average Bonchev–Trinajstić information content (AvgIpc) is 3.05. The van der Waals surface area contributed by atoms with E-state index >= 15 is 0 Å². The quantitative estimate of drug-likeness (QED) is 0.748. The van der Waals surface area contributed by atoms with Gasteiger partial charge in [0.2, 0.25) is 11.7 Å². The van der Waals surface area contributed by atoms with Crippen molar-refractivity contribution in [2.45, 2.75) is 26.2 Å². The second kappa shape index (κ2) is 6.95. The lowest BCUT2D eigenvalue weighted by Crippen LogP contribution is -2.07. The van der Waals surface area contributed by atoms with Crippen LogP contribution in [0.2, 0.25) is 0 Å². The SMILES string of the molecule is CC(C)c1cc(NCCc2nc(-c3ccccn3)no2)ncn1. The first-order valence-electron chi connectivity index (χ1n) is 7.52. The Morgan fingerprint density at radius 3 is 2.87 bits per heavy atom. The highest BCUT2D eigenvalue weighted by molar-refractivity contribution is 5.47. The molecule has 0 aliphatic carbocycles. The third kappa shape index (κ3) is 3.88. The summed E-state index contributed by atoms with van der Waals surface area (Å²) in [5.74, 6) is 2.24. The fourth-order valence-electron chi connectivity index (χ4n) is 2.04. The molecule has 0 saturated carbocycles. The summed E-state index contributed by atoms with van der Waals surface area (Å²) < 4.78 is 5.25. The lowest BCUT2D eigenvalue weighted by Gasteiger charge is -2.07. The van der Waals surface area contributed by atoms with Crippen LogP contribution >= 0.6 is 0 Å². The van der Waals surface area contributed by atoms with E-state index in [4.69, 9.17) is 4.52 Å². The van der Waals surface area contributed by atoms with Crippen LogP contribution in [0.3, 0.4) is 0 Å². The van der Waals surface area contributed by atoms with Crippen molar-refractivity contribution >= 4 is 5.82 Å². The van der Waals surface area contributed by atoms with Crippen molar-refractivity contribution in [3.05, 3.63) is 48.4 Å². The molecule has 0 bridgehead atoms. The fourth-order valence-corrected chi connectivity index (χ4v) is 2.04. The summed E-state index contributed by atoms with van der Waals surface area (Å²) in [6, 6.07) is 7.54. The molecule has 0 radical (unpaired) electrons. The van der Waals surface area contributed by atoms with Gasteiger partial charge in [0.1, 0.15) is 17.8 Å². The summed E-state index contributed by atoms with van der Waals surface area (Å²) in [6.07, 6.45) is 3.89. The summed E-state index contributed by atoms with van der Waals surface area (Å²) in [5.41, 5.74) is 1.71. The molecular weight excluding hydrogens is 292 g/mol. The van der Waals surface area contributed by atoms with Crippen molar-refractivity contribution < 1.29 is 4.52 Å². The molecule has 3 rings (SSSR count). The van der Waals surface area contributed by atoms with Crippen molar-refractivity contribution in [1.82, 2.24) is 25.1 Å². The third-order valence-electron chi connectivity index (χ3n) is 3.29. The molecule has 7 nitrogen and oxygen atoms in total. The van der Waals surface area contributed by atoms with Gasteiger partial charge in [0.15, 0.2) is 0 Å². The molecule has 3 aromatic heterocycles. The van der Waals surface area contributed by atoms with E-state index in [1.165, 1.54) is 0 Å². The first-order chi connectivity index (χ1) is 11.2. The molecular formula is C16H18N6O. The van der Waals surface area contributed by atoms with Crippen molar-refractivity contribution in [2.75, 3.05) is 11.9 Å². The van der Waals surface area contributed by atoms with Crippen LogP contribution in [0.15, 0.2) is 41.3 Å². The number of pyridine rings is 1. The molecule has 118 valence electrons. The first-order valence-corrected chi connectivity index (χ1v) is 7.52. The zero-order chi connectivity index (χ0) is 16.1. The van der Waals surface area contributed by atoms with Crippen molar-refractivity contribution in [3.8, 4) is 11.5 Å². The van der Waals surface area contributed by atoms with Gasteiger partial charge in [-0.1, -0.05) is 25.1 Å². The van der Waals surface area contributed by atoms with Crippen LogP contribution in [0.25, 0.3) is 11.5 Å². The van der Waals surface area contributed by atoms with E-state index in [1.54, 1.807) is 12.5 Å². The number of anilines is 1. The van der Waals surface area contributed by atoms with E-state index in [2.05, 4.69) is 44.3 Å². The maximum atomic E-state index is 5.25. The van der Waals surface area contributed by atoms with E-state index in [9.17, 15) is 0 Å². The van der Waals surface area contributed by atoms with Crippen LogP contribution in [0.5, 0.6) is 0 Å². The number of aromatic nitrogens is 5. The Morgan fingerprint density at radius 2 is 2.09 bits per heavy atom. The zero-order valence-corrected chi connectivity index (χ0v) is 13.1. The Hall–Kier alpha value is -2.83. The predicted octanol–water partition coefficient (Wildman–Crippen LogP) is 2.70. The third-order valence-corrected chi connectivity index (χ3v) is 3.29. The molecule has 3 aromatic rings. The molecule has 23 heavy (non-hydrogen) atoms. The number of nitrogens with zero attached hydrogens (tertiary/aromatic N) is 5. The number of hydrogen-bond donors (Lipinski definition) is 1. The summed E-state index contributed by atoms with van der Waals surface area (Å²) in [6.45, 7) is 4.85. The molecule has 7 heteroatoms. The molecule has 1 N–H and O–H groups in total. The minimum atomic E-state index is 0.371. The summed E-state index contributed by atoms with van der Waals surface area (Å²) >= 11 is 0. The first kappa shape index (κ1) is 15.1. The number of nitrogens with one attached hydrogen (secondary N) is 1. The van der Waals surface area contributed by atoms with Gasteiger partial charge in [0.05, 0.1) is 0 Å². The maximum Gasteiger partial charge on any atom is 0.228 e. The van der Waals surface area contributed by atoms with Crippen LogP contribution in [-0.4, -0.2) is 31.6 Å². The topological polar surface area (TPSA) is 89.6 Å². The minimum absolute atomic E-state index is 0.371. The highest BCUT2D eigenvalue weighted by atomic mass is 16.5. The predicted molar refractivity (Wildman–Crippen MR) is 85.8 cm³/mol. The van der Waals surface area contributed by atoms with Crippen LogP contribution in [-0.2, 0) is 6.42 Å². The Bertz CT molecular complexity index is 756. The molecule has 0 aromatic carbocycles. The van der Waals surface area contributed by atoms with Crippen LogP contribution in [0, 0.1) is 0 Å². The fraction of sp³-hybridized carbons (Fsp3) is 0.312. The van der Waals surface area contributed by atoms with E-state index in [0.717, 1.165) is 11.5 Å². The van der Waals surface area contributed by atoms with Crippen molar-refractivity contribution in [3.63, 3.8) is 0 Å². The van der Waals surface area contributed by atoms with Gasteiger partial charge in [-0.2, -0.15) is 4.98 Å². The largest absolute Gasteiger partial charge is 0.369 e.